The quantitative estimate of drug-likeness (QED) is 0.535. The number of aliphatic carboxylic acids is 1. The van der Waals surface area contributed by atoms with Gasteiger partial charge in [0.25, 0.3) is 0 Å². The molecule has 1 aliphatic carbocycles. The van der Waals surface area contributed by atoms with Gasteiger partial charge in [0.05, 0.1) is 5.41 Å². The number of carbonyl (C=O) groups is 4. The summed E-state index contributed by atoms with van der Waals surface area (Å²) in [5.41, 5.74) is -0.622. The Bertz CT molecular complexity index is 910. The third kappa shape index (κ3) is 6.37. The van der Waals surface area contributed by atoms with Crippen LogP contribution in [0, 0.1) is 0 Å². The topological polar surface area (TPSA) is 113 Å². The van der Waals surface area contributed by atoms with Crippen molar-refractivity contribution in [2.45, 2.75) is 56.8 Å². The Labute approximate surface area is 193 Å². The van der Waals surface area contributed by atoms with Crippen LogP contribution in [0.5, 0.6) is 0 Å². The molecule has 1 aromatic rings. The fourth-order valence-electron chi connectivity index (χ4n) is 3.88. The minimum atomic E-state index is -5.36. The number of Topliss-reactive ketones (excluding diaryl/α,β-unsaturated/α-hetero) is 1. The second-order valence-electron chi connectivity index (χ2n) is 7.64. The predicted molar refractivity (Wildman–Crippen MR) is 111 cm³/mol. The molecule has 33 heavy (non-hydrogen) atoms. The van der Waals surface area contributed by atoms with Crippen molar-refractivity contribution >= 4 is 35.4 Å². The van der Waals surface area contributed by atoms with Crippen molar-refractivity contribution in [2.75, 3.05) is 13.1 Å². The van der Waals surface area contributed by atoms with Gasteiger partial charge in [-0.3, -0.25) is 19.3 Å². The second-order valence-corrected chi connectivity index (χ2v) is 8.05. The molecular weight excluding hydrogens is 469 g/mol. The number of hydrogen-bond acceptors (Lipinski definition) is 5. The number of nitrogens with zero attached hydrogens (tertiary/aromatic N) is 1. The van der Waals surface area contributed by atoms with Gasteiger partial charge in [-0.2, -0.15) is 13.2 Å². The molecule has 0 radical (unpaired) electrons. The summed E-state index contributed by atoms with van der Waals surface area (Å²) in [5, 5.41) is 11.6. The van der Waals surface area contributed by atoms with Crippen LogP contribution in [0.25, 0.3) is 0 Å². The number of nitrogens with one attached hydrogen (secondary N) is 1. The minimum Gasteiger partial charge on any atom is -0.480 e. The molecule has 0 aromatic heterocycles. The molecule has 8 nitrogen and oxygen atoms in total. The molecule has 0 spiro atoms. The van der Waals surface area contributed by atoms with E-state index in [4.69, 9.17) is 21.4 Å². The van der Waals surface area contributed by atoms with Crippen LogP contribution in [0.2, 0.25) is 5.02 Å². The standard InChI is InChI=1S/C21H24ClF3N2O6/c1-2-16(27(11-17(29)30)18(31)21(23,24)25)33-19(32)26-12-20(10-6-5-9-15(20)28)13-7-3-4-8-14(13)22/h3-4,7-8,16H,2,5-6,9-12H2,1H3,(H,26,32)(H,29,30)/t16?,20-/m1/s1. The summed E-state index contributed by atoms with van der Waals surface area (Å²) < 4.78 is 43.7. The van der Waals surface area contributed by atoms with Crippen LogP contribution in [0.15, 0.2) is 24.3 Å². The van der Waals surface area contributed by atoms with Gasteiger partial charge in [-0.1, -0.05) is 43.1 Å². The Kier molecular flexibility index (Phi) is 8.70. The molecule has 2 atom stereocenters. The van der Waals surface area contributed by atoms with E-state index < -0.39 is 42.3 Å². The monoisotopic (exact) mass is 492 g/mol. The maximum Gasteiger partial charge on any atom is 0.471 e. The SMILES string of the molecule is CCC(OC(=O)NC[C@@]1(c2ccccc2Cl)CCCCC1=O)N(CC(=O)O)C(=O)C(F)(F)F. The smallest absolute Gasteiger partial charge is 0.471 e. The second kappa shape index (κ2) is 10.9. The number of hydrogen-bond donors (Lipinski definition) is 2. The molecule has 2 amide bonds. The van der Waals surface area contributed by atoms with E-state index in [-0.39, 0.29) is 30.1 Å². The van der Waals surface area contributed by atoms with E-state index >= 15 is 0 Å². The lowest BCUT2D eigenvalue weighted by atomic mass is 9.68. The van der Waals surface area contributed by atoms with Crippen molar-refractivity contribution < 1.29 is 42.2 Å². The summed E-state index contributed by atoms with van der Waals surface area (Å²) in [4.78, 5) is 47.9. The largest absolute Gasteiger partial charge is 0.480 e. The van der Waals surface area contributed by atoms with Crippen LogP contribution in [-0.4, -0.2) is 59.3 Å². The fourth-order valence-corrected chi connectivity index (χ4v) is 4.19. The molecule has 1 aliphatic rings. The average Bonchev–Trinajstić information content (AvgIpc) is 2.75. The molecule has 1 aromatic carbocycles. The molecule has 1 fully saturated rings. The van der Waals surface area contributed by atoms with E-state index in [1.54, 1.807) is 24.3 Å². The Morgan fingerprint density at radius 3 is 2.48 bits per heavy atom. The number of carboxylic acids is 1. The summed E-state index contributed by atoms with van der Waals surface area (Å²) in [6.45, 7) is -0.213. The van der Waals surface area contributed by atoms with Crippen LogP contribution in [0.3, 0.4) is 0 Å². The number of carbonyl (C=O) groups excluding carboxylic acids is 3. The van der Waals surface area contributed by atoms with E-state index in [0.717, 1.165) is 0 Å². The van der Waals surface area contributed by atoms with E-state index in [2.05, 4.69) is 5.32 Å². The van der Waals surface area contributed by atoms with Gasteiger partial charge in [0.15, 0.2) is 6.23 Å². The summed E-state index contributed by atoms with van der Waals surface area (Å²) in [5.74, 6) is -4.30. The molecule has 2 N–H and O–H groups in total. The first-order valence-corrected chi connectivity index (χ1v) is 10.6. The maximum atomic E-state index is 12.9. The Hall–Kier alpha value is -2.82. The molecular formula is C21H24ClF3N2O6. The summed E-state index contributed by atoms with van der Waals surface area (Å²) in [6, 6.07) is 6.67. The summed E-state index contributed by atoms with van der Waals surface area (Å²) in [6.07, 6.45) is -6.60. The molecule has 1 unspecified atom stereocenters. The van der Waals surface area contributed by atoms with Gasteiger partial charge in [-0.15, -0.1) is 0 Å². The Balaban J connectivity index is 2.21. The Morgan fingerprint density at radius 1 is 1.27 bits per heavy atom. The highest BCUT2D eigenvalue weighted by Crippen LogP contribution is 2.39. The summed E-state index contributed by atoms with van der Waals surface area (Å²) in [7, 11) is 0. The number of alkyl halides is 3. The van der Waals surface area contributed by atoms with Gasteiger partial charge >= 0.3 is 24.1 Å². The normalized spacial score (nSPS) is 19.5. The zero-order chi connectivity index (χ0) is 24.8. The summed E-state index contributed by atoms with van der Waals surface area (Å²) >= 11 is 6.30. The Morgan fingerprint density at radius 2 is 1.94 bits per heavy atom. The van der Waals surface area contributed by atoms with E-state index in [1.807, 2.05) is 0 Å². The molecule has 0 heterocycles. The molecule has 0 saturated heterocycles. The fraction of sp³-hybridized carbons (Fsp3) is 0.524. The average molecular weight is 493 g/mol. The first kappa shape index (κ1) is 26.4. The lowest BCUT2D eigenvalue weighted by molar-refractivity contribution is -0.196. The van der Waals surface area contributed by atoms with Crippen LogP contribution >= 0.6 is 11.6 Å². The van der Waals surface area contributed by atoms with Gasteiger partial charge in [0.2, 0.25) is 0 Å². The molecule has 182 valence electrons. The van der Waals surface area contributed by atoms with Crippen LogP contribution in [0.4, 0.5) is 18.0 Å². The number of amides is 2. The highest BCUT2D eigenvalue weighted by molar-refractivity contribution is 6.31. The highest BCUT2D eigenvalue weighted by Gasteiger charge is 2.46. The van der Waals surface area contributed by atoms with Crippen molar-refractivity contribution in [3.63, 3.8) is 0 Å². The molecule has 1 saturated carbocycles. The number of alkyl carbamates (subject to hydrolysis) is 1. The van der Waals surface area contributed by atoms with Gasteiger partial charge in [0.1, 0.15) is 12.3 Å². The number of rotatable bonds is 8. The van der Waals surface area contributed by atoms with Gasteiger partial charge in [-0.05, 0) is 24.5 Å². The van der Waals surface area contributed by atoms with E-state index in [0.29, 0.717) is 29.8 Å². The van der Waals surface area contributed by atoms with Gasteiger partial charge in [0, 0.05) is 24.4 Å². The van der Waals surface area contributed by atoms with Crippen molar-refractivity contribution in [3.05, 3.63) is 34.9 Å². The molecule has 0 bridgehead atoms. The molecule has 2 rings (SSSR count). The van der Waals surface area contributed by atoms with Crippen molar-refractivity contribution in [2.24, 2.45) is 0 Å². The number of benzene rings is 1. The molecule has 12 heteroatoms. The maximum absolute atomic E-state index is 12.9. The number of ketones is 1. The lowest BCUT2D eigenvalue weighted by Gasteiger charge is -2.37. The van der Waals surface area contributed by atoms with Gasteiger partial charge < -0.3 is 15.2 Å². The highest BCUT2D eigenvalue weighted by atomic mass is 35.5. The third-order valence-corrected chi connectivity index (χ3v) is 5.79. The van der Waals surface area contributed by atoms with Crippen molar-refractivity contribution in [1.82, 2.24) is 10.2 Å². The first-order chi connectivity index (χ1) is 15.4. The zero-order valence-electron chi connectivity index (χ0n) is 17.8. The number of halogens is 4. The lowest BCUT2D eigenvalue weighted by Crippen LogP contribution is -2.53. The van der Waals surface area contributed by atoms with Crippen LogP contribution in [0.1, 0.15) is 44.6 Å². The van der Waals surface area contributed by atoms with Crippen LogP contribution in [-0.2, 0) is 24.5 Å². The van der Waals surface area contributed by atoms with Crippen molar-refractivity contribution in [3.8, 4) is 0 Å². The van der Waals surface area contributed by atoms with Crippen LogP contribution < -0.4 is 5.32 Å². The minimum absolute atomic E-state index is 0.0719. The molecule has 0 aliphatic heterocycles. The third-order valence-electron chi connectivity index (χ3n) is 5.46. The number of carboxylic acid groups (broad SMARTS) is 1. The predicted octanol–water partition coefficient (Wildman–Crippen LogP) is 3.66. The van der Waals surface area contributed by atoms with Crippen molar-refractivity contribution in [1.29, 1.82) is 0 Å². The van der Waals surface area contributed by atoms with Gasteiger partial charge in [-0.25, -0.2) is 4.79 Å². The van der Waals surface area contributed by atoms with E-state index in [9.17, 15) is 32.3 Å². The first-order valence-electron chi connectivity index (χ1n) is 10.2. The van der Waals surface area contributed by atoms with E-state index in [1.165, 1.54) is 6.92 Å². The zero-order valence-corrected chi connectivity index (χ0v) is 18.5. The number of ether oxygens (including phenoxy) is 1.